The highest BCUT2D eigenvalue weighted by molar-refractivity contribution is 6.25. The highest BCUT2D eigenvalue weighted by atomic mass is 16.3. The minimum Gasteiger partial charge on any atom is -0.456 e. The lowest BCUT2D eigenvalue weighted by Crippen LogP contribution is -1.93. The van der Waals surface area contributed by atoms with E-state index in [9.17, 15) is 8.22 Å². The van der Waals surface area contributed by atoms with Gasteiger partial charge >= 0.3 is 0 Å². The van der Waals surface area contributed by atoms with Gasteiger partial charge in [-0.05, 0) is 101 Å². The van der Waals surface area contributed by atoms with Gasteiger partial charge in [-0.2, -0.15) is 0 Å². The second-order valence-corrected chi connectivity index (χ2v) is 12.4. The van der Waals surface area contributed by atoms with Gasteiger partial charge in [-0.1, -0.05) is 170 Å². The Labute approximate surface area is 309 Å². The highest BCUT2D eigenvalue weighted by Crippen LogP contribution is 2.48. The number of benzene rings is 9. The normalized spacial score (nSPS) is 14.0. The van der Waals surface area contributed by atoms with Crippen molar-refractivity contribution in [1.82, 2.24) is 0 Å². The predicted octanol–water partition coefficient (Wildman–Crippen LogP) is 14.2. The first kappa shape index (κ1) is 21.4. The first-order chi connectivity index (χ1) is 29.1. The summed E-state index contributed by atoms with van der Waals surface area (Å²) >= 11 is 0. The van der Waals surface area contributed by atoms with Crippen LogP contribution in [0.1, 0.15) is 12.3 Å². The van der Waals surface area contributed by atoms with Crippen LogP contribution in [0, 0.1) is 0 Å². The zero-order valence-electron chi connectivity index (χ0n) is 36.2. The van der Waals surface area contributed by atoms with Crippen LogP contribution in [0.2, 0.25) is 0 Å². The molecular formula is C50H32O. The van der Waals surface area contributed by atoms with Crippen molar-refractivity contribution >= 4 is 43.5 Å². The number of hydrogen-bond donors (Lipinski definition) is 0. The summed E-state index contributed by atoms with van der Waals surface area (Å²) in [6.07, 6.45) is 0. The molecule has 0 radical (unpaired) electrons. The number of hydrogen-bond acceptors (Lipinski definition) is 1. The topological polar surface area (TPSA) is 13.1 Å². The Bertz CT molecular complexity index is 3340. The highest BCUT2D eigenvalue weighted by Gasteiger charge is 2.21. The maximum absolute atomic E-state index is 9.98. The zero-order valence-corrected chi connectivity index (χ0v) is 27.2. The standard InChI is InChI=1S/C50H32O/c1-4-15-33(16-5-1)36-27-30-43-47(32-36)51-46-26-14-25-44(50(43)46)49-41-23-12-10-21-39(41)48(40-22-11-13-24-42(40)49)37-28-29-38(34-17-6-2-7-18-34)45(31-37)35-19-8-3-9-20-35/h1-32H/i14D,25D,26D,27D,28D,29D,30D,31D,32D. The molecule has 0 unspecified atom stereocenters. The summed E-state index contributed by atoms with van der Waals surface area (Å²) in [6.45, 7) is 0. The molecule has 1 aromatic heterocycles. The first-order valence-corrected chi connectivity index (χ1v) is 16.8. The van der Waals surface area contributed by atoms with Crippen LogP contribution in [0.3, 0.4) is 0 Å². The van der Waals surface area contributed by atoms with Crippen molar-refractivity contribution in [3.63, 3.8) is 0 Å². The van der Waals surface area contributed by atoms with Crippen LogP contribution in [0.15, 0.2) is 198 Å². The quantitative estimate of drug-likeness (QED) is 0.168. The maximum atomic E-state index is 9.98. The molecule has 1 heteroatoms. The van der Waals surface area contributed by atoms with Gasteiger partial charge in [0.1, 0.15) is 11.2 Å². The first-order valence-electron chi connectivity index (χ1n) is 21.3. The minimum atomic E-state index is -0.397. The second-order valence-electron chi connectivity index (χ2n) is 12.4. The van der Waals surface area contributed by atoms with Crippen LogP contribution in [0.25, 0.3) is 99.1 Å². The molecule has 0 atom stereocenters. The van der Waals surface area contributed by atoms with E-state index < -0.39 is 6.04 Å². The molecule has 238 valence electrons. The van der Waals surface area contributed by atoms with Gasteiger partial charge in [0.25, 0.3) is 0 Å². The van der Waals surface area contributed by atoms with Crippen molar-refractivity contribution < 1.29 is 16.8 Å². The SMILES string of the molecule is [2H]c1c([2H])c(-c2ccccc2)c(-c2ccccc2)c([2H])c1-c1c2ccccc2c(-c2c([2H])c([2H])c([2H])c3oc4c([2H])c(-c5ccccc5)c([2H])c([2H])c4c23)c2ccccc12. The smallest absolute Gasteiger partial charge is 0.136 e. The average Bonchev–Trinajstić information content (AvgIpc) is 3.68. The van der Waals surface area contributed by atoms with Gasteiger partial charge in [0.15, 0.2) is 0 Å². The van der Waals surface area contributed by atoms with Crippen LogP contribution in [-0.2, 0) is 0 Å². The molecule has 0 aliphatic heterocycles. The molecule has 10 rings (SSSR count). The predicted molar refractivity (Wildman–Crippen MR) is 216 cm³/mol. The molecule has 0 fully saturated rings. The van der Waals surface area contributed by atoms with Gasteiger partial charge in [-0.15, -0.1) is 0 Å². The van der Waals surface area contributed by atoms with Crippen molar-refractivity contribution in [3.8, 4) is 55.6 Å². The molecule has 10 aromatic rings. The van der Waals surface area contributed by atoms with Crippen LogP contribution in [0.4, 0.5) is 0 Å². The molecule has 1 nitrogen and oxygen atoms in total. The van der Waals surface area contributed by atoms with E-state index in [0.29, 0.717) is 49.4 Å². The molecular weight excluding hydrogens is 617 g/mol. The maximum Gasteiger partial charge on any atom is 0.136 e. The third-order valence-corrected chi connectivity index (χ3v) is 9.50. The molecule has 0 N–H and O–H groups in total. The molecule has 0 bridgehead atoms. The Morgan fingerprint density at radius 2 is 0.863 bits per heavy atom. The van der Waals surface area contributed by atoms with Gasteiger partial charge < -0.3 is 4.42 Å². The van der Waals surface area contributed by atoms with Crippen molar-refractivity contribution in [1.29, 1.82) is 0 Å². The van der Waals surface area contributed by atoms with E-state index >= 15 is 0 Å². The zero-order chi connectivity index (χ0) is 41.6. The van der Waals surface area contributed by atoms with E-state index in [1.165, 1.54) is 0 Å². The monoisotopic (exact) mass is 657 g/mol. The molecule has 1 heterocycles. The van der Waals surface area contributed by atoms with Gasteiger partial charge in [0.05, 0.1) is 12.3 Å². The summed E-state index contributed by atoms with van der Waals surface area (Å²) in [5.41, 5.74) is 4.71. The van der Waals surface area contributed by atoms with Crippen molar-refractivity contribution in [2.45, 2.75) is 0 Å². The Hall–Kier alpha value is -6.70. The van der Waals surface area contributed by atoms with E-state index in [4.69, 9.17) is 8.53 Å². The van der Waals surface area contributed by atoms with Crippen molar-refractivity contribution in [2.24, 2.45) is 0 Å². The summed E-state index contributed by atoms with van der Waals surface area (Å²) in [5, 5.41) is 2.77. The Kier molecular flexibility index (Phi) is 5.04. The van der Waals surface area contributed by atoms with Gasteiger partial charge in [0.2, 0.25) is 0 Å². The third kappa shape index (κ3) is 4.86. The number of rotatable bonds is 5. The van der Waals surface area contributed by atoms with Crippen molar-refractivity contribution in [2.75, 3.05) is 0 Å². The molecule has 0 amide bonds. The molecule has 51 heavy (non-hydrogen) atoms. The van der Waals surface area contributed by atoms with E-state index in [1.807, 2.05) is 115 Å². The average molecular weight is 658 g/mol. The largest absolute Gasteiger partial charge is 0.456 e. The van der Waals surface area contributed by atoms with Crippen LogP contribution in [-0.4, -0.2) is 0 Å². The van der Waals surface area contributed by atoms with Gasteiger partial charge in [-0.3, -0.25) is 0 Å². The number of fused-ring (bicyclic) bond motifs is 5. The summed E-state index contributed by atoms with van der Waals surface area (Å²) in [5.74, 6) is 0. The van der Waals surface area contributed by atoms with Crippen LogP contribution < -0.4 is 0 Å². The molecule has 0 saturated carbocycles. The lowest BCUT2D eigenvalue weighted by atomic mass is 9.83. The molecule has 0 aliphatic carbocycles. The van der Waals surface area contributed by atoms with Crippen LogP contribution in [0.5, 0.6) is 0 Å². The van der Waals surface area contributed by atoms with Gasteiger partial charge in [-0.25, -0.2) is 0 Å². The fourth-order valence-corrected chi connectivity index (χ4v) is 7.23. The lowest BCUT2D eigenvalue weighted by molar-refractivity contribution is 0.669. The molecule has 0 aliphatic rings. The van der Waals surface area contributed by atoms with E-state index in [2.05, 4.69) is 0 Å². The summed E-state index contributed by atoms with van der Waals surface area (Å²) < 4.78 is 90.9. The molecule has 9 aromatic carbocycles. The second kappa shape index (κ2) is 12.0. The fraction of sp³-hybridized carbons (Fsp3) is 0. The number of furan rings is 1. The fourth-order valence-electron chi connectivity index (χ4n) is 7.23. The van der Waals surface area contributed by atoms with Crippen LogP contribution >= 0.6 is 0 Å². The molecule has 0 spiro atoms. The summed E-state index contributed by atoms with van der Waals surface area (Å²) in [4.78, 5) is 0. The summed E-state index contributed by atoms with van der Waals surface area (Å²) in [7, 11) is 0. The van der Waals surface area contributed by atoms with E-state index in [0.717, 1.165) is 11.1 Å². The minimum absolute atomic E-state index is 0.0116. The Morgan fingerprint density at radius 3 is 1.49 bits per heavy atom. The van der Waals surface area contributed by atoms with E-state index in [1.54, 1.807) is 24.3 Å². The summed E-state index contributed by atoms with van der Waals surface area (Å²) in [6, 6.07) is 41.1. The lowest BCUT2D eigenvalue weighted by Gasteiger charge is -2.19. The Morgan fingerprint density at radius 1 is 0.333 bits per heavy atom. The van der Waals surface area contributed by atoms with E-state index in [-0.39, 0.29) is 87.0 Å². The van der Waals surface area contributed by atoms with Crippen molar-refractivity contribution in [3.05, 3.63) is 194 Å². The Balaban J connectivity index is 1.37. The van der Waals surface area contributed by atoms with Gasteiger partial charge in [0, 0.05) is 10.8 Å². The molecule has 0 saturated heterocycles. The third-order valence-electron chi connectivity index (χ3n) is 9.50.